The van der Waals surface area contributed by atoms with E-state index in [1.807, 2.05) is 0 Å². The van der Waals surface area contributed by atoms with E-state index in [1.165, 1.54) is 26.0 Å². The molecular formula is C13H17F3N2O2S. The second kappa shape index (κ2) is 4.36. The molecule has 0 fully saturated rings. The van der Waals surface area contributed by atoms with Gasteiger partial charge in [0.15, 0.2) is 0 Å². The van der Waals surface area contributed by atoms with E-state index in [9.17, 15) is 21.6 Å². The summed E-state index contributed by atoms with van der Waals surface area (Å²) in [4.78, 5) is 1.54. The van der Waals surface area contributed by atoms with Gasteiger partial charge < -0.3 is 4.90 Å². The summed E-state index contributed by atoms with van der Waals surface area (Å²) < 4.78 is 61.5. The quantitative estimate of drug-likeness (QED) is 0.909. The molecule has 0 radical (unpaired) electrons. The van der Waals surface area contributed by atoms with Gasteiger partial charge >= 0.3 is 6.18 Å². The zero-order valence-corrected chi connectivity index (χ0v) is 12.7. The number of para-hydroxylation sites is 1. The highest BCUT2D eigenvalue weighted by molar-refractivity contribution is 7.90. The Morgan fingerprint density at radius 3 is 2.24 bits per heavy atom. The van der Waals surface area contributed by atoms with Crippen LogP contribution in [0.15, 0.2) is 24.3 Å². The minimum absolute atomic E-state index is 0.0947. The average molecular weight is 322 g/mol. The Kier molecular flexibility index (Phi) is 3.34. The molecule has 4 nitrogen and oxygen atoms in total. The topological polar surface area (TPSA) is 63.4 Å². The first-order valence-corrected chi connectivity index (χ1v) is 7.82. The smallest absolute Gasteiger partial charge is 0.367 e. The van der Waals surface area contributed by atoms with Crippen molar-refractivity contribution in [2.45, 2.75) is 36.7 Å². The van der Waals surface area contributed by atoms with Crippen LogP contribution in [0.5, 0.6) is 0 Å². The SMILES string of the molecule is CN1c2ccccc2C(CC(F)(F)F)(S(N)(=O)=O)C1(C)C. The molecule has 1 aromatic carbocycles. The fourth-order valence-electron chi connectivity index (χ4n) is 3.21. The maximum atomic E-state index is 13.1. The molecule has 1 unspecified atom stereocenters. The summed E-state index contributed by atoms with van der Waals surface area (Å²) in [5, 5.41) is 5.28. The fourth-order valence-corrected chi connectivity index (χ4v) is 4.88. The molecule has 1 heterocycles. The van der Waals surface area contributed by atoms with Crippen LogP contribution in [0.2, 0.25) is 0 Å². The molecule has 2 rings (SSSR count). The third-order valence-corrected chi connectivity index (χ3v) is 6.30. The number of likely N-dealkylation sites (N-methyl/N-ethyl adjacent to an activating group) is 1. The van der Waals surface area contributed by atoms with Crippen molar-refractivity contribution in [3.05, 3.63) is 29.8 Å². The molecule has 0 amide bonds. The zero-order valence-electron chi connectivity index (χ0n) is 11.9. The number of hydrogen-bond acceptors (Lipinski definition) is 3. The van der Waals surface area contributed by atoms with E-state index in [4.69, 9.17) is 5.14 Å². The van der Waals surface area contributed by atoms with Gasteiger partial charge in [-0.2, -0.15) is 13.2 Å². The van der Waals surface area contributed by atoms with E-state index in [0.29, 0.717) is 5.69 Å². The van der Waals surface area contributed by atoms with E-state index < -0.39 is 32.9 Å². The molecule has 8 heteroatoms. The number of hydrogen-bond donors (Lipinski definition) is 1. The highest BCUT2D eigenvalue weighted by Crippen LogP contribution is 2.57. The lowest BCUT2D eigenvalue weighted by Crippen LogP contribution is -2.60. The van der Waals surface area contributed by atoms with Crippen LogP contribution in [-0.2, 0) is 14.8 Å². The Bertz CT molecular complexity index is 670. The summed E-state index contributed by atoms with van der Waals surface area (Å²) >= 11 is 0. The van der Waals surface area contributed by atoms with Gasteiger partial charge in [0.2, 0.25) is 10.0 Å². The van der Waals surface area contributed by atoms with Gasteiger partial charge in [0.25, 0.3) is 0 Å². The number of nitrogens with zero attached hydrogens (tertiary/aromatic N) is 1. The maximum absolute atomic E-state index is 13.1. The van der Waals surface area contributed by atoms with E-state index in [-0.39, 0.29) is 5.56 Å². The van der Waals surface area contributed by atoms with Crippen molar-refractivity contribution in [1.82, 2.24) is 0 Å². The van der Waals surface area contributed by atoms with E-state index in [2.05, 4.69) is 0 Å². The van der Waals surface area contributed by atoms with Crippen LogP contribution >= 0.6 is 0 Å². The Hall–Kier alpha value is -1.28. The number of sulfonamides is 1. The van der Waals surface area contributed by atoms with Gasteiger partial charge in [0.1, 0.15) is 4.75 Å². The lowest BCUT2D eigenvalue weighted by molar-refractivity contribution is -0.145. The van der Waals surface area contributed by atoms with Crippen LogP contribution < -0.4 is 10.0 Å². The number of benzene rings is 1. The van der Waals surface area contributed by atoms with Crippen LogP contribution in [0, 0.1) is 0 Å². The van der Waals surface area contributed by atoms with Crippen molar-refractivity contribution in [2.75, 3.05) is 11.9 Å². The molecule has 2 N–H and O–H groups in total. The third kappa shape index (κ3) is 2.12. The van der Waals surface area contributed by atoms with Gasteiger partial charge in [-0.3, -0.25) is 0 Å². The first-order valence-electron chi connectivity index (χ1n) is 6.27. The Balaban J connectivity index is 2.86. The normalized spacial score (nSPS) is 25.0. The number of halogens is 3. The Labute approximate surface area is 121 Å². The maximum Gasteiger partial charge on any atom is 0.391 e. The van der Waals surface area contributed by atoms with Crippen molar-refractivity contribution in [3.63, 3.8) is 0 Å². The molecular weight excluding hydrogens is 305 g/mol. The fraction of sp³-hybridized carbons (Fsp3) is 0.538. The first-order chi connectivity index (χ1) is 9.34. The number of primary sulfonamides is 1. The van der Waals surface area contributed by atoms with Crippen molar-refractivity contribution < 1.29 is 21.6 Å². The molecule has 1 aliphatic heterocycles. The number of anilines is 1. The molecule has 1 aliphatic rings. The minimum atomic E-state index is -4.66. The average Bonchev–Trinajstić information content (AvgIpc) is 2.47. The summed E-state index contributed by atoms with van der Waals surface area (Å²) in [7, 11) is -2.94. The molecule has 0 aliphatic carbocycles. The van der Waals surface area contributed by atoms with Crippen LogP contribution in [0.25, 0.3) is 0 Å². The van der Waals surface area contributed by atoms with Gasteiger partial charge in [-0.1, -0.05) is 18.2 Å². The van der Waals surface area contributed by atoms with Gasteiger partial charge in [0, 0.05) is 18.3 Å². The first kappa shape index (κ1) is 16.1. The molecule has 0 bridgehead atoms. The molecule has 0 spiro atoms. The van der Waals surface area contributed by atoms with E-state index >= 15 is 0 Å². The second-order valence-electron chi connectivity index (χ2n) is 5.80. The third-order valence-electron chi connectivity index (χ3n) is 4.46. The van der Waals surface area contributed by atoms with Crippen molar-refractivity contribution in [1.29, 1.82) is 0 Å². The number of rotatable bonds is 2. The highest BCUT2D eigenvalue weighted by Gasteiger charge is 2.65. The second-order valence-corrected chi connectivity index (χ2v) is 7.59. The number of fused-ring (bicyclic) bond motifs is 1. The minimum Gasteiger partial charge on any atom is -0.367 e. The highest BCUT2D eigenvalue weighted by atomic mass is 32.2. The predicted octanol–water partition coefficient (Wildman–Crippen LogP) is 2.35. The van der Waals surface area contributed by atoms with Crippen LogP contribution in [0.3, 0.4) is 0 Å². The van der Waals surface area contributed by atoms with Crippen LogP contribution in [0.1, 0.15) is 25.8 Å². The molecule has 118 valence electrons. The summed E-state index contributed by atoms with van der Waals surface area (Å²) in [6.07, 6.45) is -6.19. The standard InChI is InChI=1S/C13H17F3N2O2S/c1-11(2)12(21(17,19)20,8-13(14,15)16)9-6-4-5-7-10(9)18(11)3/h4-7H,8H2,1-3H3,(H2,17,19,20). The monoisotopic (exact) mass is 322 g/mol. The molecule has 1 atom stereocenters. The summed E-state index contributed by atoms with van der Waals surface area (Å²) in [5.74, 6) is 0. The van der Waals surface area contributed by atoms with E-state index in [1.54, 1.807) is 24.1 Å². The van der Waals surface area contributed by atoms with Crippen LogP contribution in [0.4, 0.5) is 18.9 Å². The Morgan fingerprint density at radius 2 is 1.76 bits per heavy atom. The van der Waals surface area contributed by atoms with Gasteiger partial charge in [-0.05, 0) is 19.9 Å². The van der Waals surface area contributed by atoms with Gasteiger partial charge in [0.05, 0.1) is 12.0 Å². The molecule has 0 saturated carbocycles. The number of nitrogens with two attached hydrogens (primary N) is 1. The number of alkyl halides is 3. The molecule has 1 aromatic rings. The van der Waals surface area contributed by atoms with Crippen molar-refractivity contribution in [3.8, 4) is 0 Å². The molecule has 0 saturated heterocycles. The van der Waals surface area contributed by atoms with Crippen molar-refractivity contribution >= 4 is 15.7 Å². The Morgan fingerprint density at radius 1 is 1.24 bits per heavy atom. The summed E-state index contributed by atoms with van der Waals surface area (Å²) in [6, 6.07) is 6.17. The van der Waals surface area contributed by atoms with Crippen LogP contribution in [-0.4, -0.2) is 27.2 Å². The van der Waals surface area contributed by atoms with Crippen molar-refractivity contribution in [2.24, 2.45) is 5.14 Å². The molecule has 21 heavy (non-hydrogen) atoms. The predicted molar refractivity (Wildman–Crippen MR) is 74.4 cm³/mol. The lowest BCUT2D eigenvalue weighted by Gasteiger charge is -2.43. The molecule has 0 aromatic heterocycles. The largest absolute Gasteiger partial charge is 0.391 e. The van der Waals surface area contributed by atoms with Gasteiger partial charge in [-0.15, -0.1) is 0 Å². The van der Waals surface area contributed by atoms with E-state index in [0.717, 1.165) is 0 Å². The van der Waals surface area contributed by atoms with Gasteiger partial charge in [-0.25, -0.2) is 13.6 Å². The lowest BCUT2D eigenvalue weighted by atomic mass is 9.81. The zero-order chi connectivity index (χ0) is 16.3. The summed E-state index contributed by atoms with van der Waals surface area (Å²) in [6.45, 7) is 2.92. The summed E-state index contributed by atoms with van der Waals surface area (Å²) in [5.41, 5.74) is -0.794.